The Bertz CT molecular complexity index is 519. The molecule has 0 radical (unpaired) electrons. The van der Waals surface area contributed by atoms with Crippen molar-refractivity contribution < 1.29 is 9.13 Å². The van der Waals surface area contributed by atoms with E-state index < -0.39 is 0 Å². The van der Waals surface area contributed by atoms with Crippen LogP contribution in [0.2, 0.25) is 0 Å². The summed E-state index contributed by atoms with van der Waals surface area (Å²) in [6.45, 7) is 0. The molecule has 0 aliphatic heterocycles. The first kappa shape index (κ1) is 12.4. The van der Waals surface area contributed by atoms with Crippen molar-refractivity contribution in [2.24, 2.45) is 5.73 Å². The van der Waals surface area contributed by atoms with E-state index in [1.165, 1.54) is 19.5 Å². The fourth-order valence-electron chi connectivity index (χ4n) is 1.72. The summed E-state index contributed by atoms with van der Waals surface area (Å²) in [5.41, 5.74) is 7.55. The zero-order valence-corrected chi connectivity index (χ0v) is 10.0. The quantitative estimate of drug-likeness (QED) is 0.895. The Balaban J connectivity index is 2.12. The van der Waals surface area contributed by atoms with E-state index in [-0.39, 0.29) is 17.6 Å². The monoisotopic (exact) mass is 247 g/mol. The average Bonchev–Trinajstić information content (AvgIpc) is 2.40. The van der Waals surface area contributed by atoms with Crippen LogP contribution in [0.4, 0.5) is 4.39 Å². The SMILES string of the molecule is COc1ccc(CC(N)c2ccncn2)cc1F. The summed E-state index contributed by atoms with van der Waals surface area (Å²) in [7, 11) is 1.44. The minimum atomic E-state index is -0.384. The van der Waals surface area contributed by atoms with Gasteiger partial charge in [0.2, 0.25) is 0 Å². The highest BCUT2D eigenvalue weighted by Gasteiger charge is 2.10. The number of aromatic nitrogens is 2. The normalized spacial score (nSPS) is 12.2. The molecule has 1 unspecified atom stereocenters. The molecule has 0 spiro atoms. The number of ether oxygens (including phenoxy) is 1. The van der Waals surface area contributed by atoms with Gasteiger partial charge in [-0.2, -0.15) is 0 Å². The molecule has 0 aliphatic rings. The van der Waals surface area contributed by atoms with Crippen molar-refractivity contribution in [3.05, 3.63) is 53.9 Å². The van der Waals surface area contributed by atoms with Crippen LogP contribution in [0.5, 0.6) is 5.75 Å². The molecular formula is C13H14FN3O. The summed E-state index contributed by atoms with van der Waals surface area (Å²) in [5.74, 6) is -0.153. The molecular weight excluding hydrogens is 233 g/mol. The van der Waals surface area contributed by atoms with Crippen LogP contribution in [0.3, 0.4) is 0 Å². The van der Waals surface area contributed by atoms with E-state index >= 15 is 0 Å². The van der Waals surface area contributed by atoms with E-state index in [2.05, 4.69) is 9.97 Å². The highest BCUT2D eigenvalue weighted by molar-refractivity contribution is 5.30. The maximum Gasteiger partial charge on any atom is 0.165 e. The van der Waals surface area contributed by atoms with Crippen LogP contribution >= 0.6 is 0 Å². The second-order valence-corrected chi connectivity index (χ2v) is 3.91. The molecule has 2 rings (SSSR count). The molecule has 0 amide bonds. The summed E-state index contributed by atoms with van der Waals surface area (Å²) in [5, 5.41) is 0. The van der Waals surface area contributed by atoms with Crippen LogP contribution in [0.15, 0.2) is 36.8 Å². The second-order valence-electron chi connectivity index (χ2n) is 3.91. The molecule has 2 aromatic rings. The third kappa shape index (κ3) is 2.81. The molecule has 0 bridgehead atoms. The molecule has 0 fully saturated rings. The minimum Gasteiger partial charge on any atom is -0.494 e. The summed E-state index contributed by atoms with van der Waals surface area (Å²) >= 11 is 0. The standard InChI is InChI=1S/C13H14FN3O/c1-18-13-3-2-9(6-10(13)14)7-11(15)12-4-5-16-8-17-12/h2-6,8,11H,7,15H2,1H3. The number of methoxy groups -OCH3 is 1. The van der Waals surface area contributed by atoms with Gasteiger partial charge in [0.05, 0.1) is 18.8 Å². The lowest BCUT2D eigenvalue weighted by atomic mass is 10.0. The van der Waals surface area contributed by atoms with Crippen LogP contribution < -0.4 is 10.5 Å². The number of nitrogens with two attached hydrogens (primary N) is 1. The minimum absolute atomic E-state index is 0.231. The van der Waals surface area contributed by atoms with Crippen LogP contribution in [-0.4, -0.2) is 17.1 Å². The Hall–Kier alpha value is -2.01. The van der Waals surface area contributed by atoms with Gasteiger partial charge in [0.15, 0.2) is 11.6 Å². The van der Waals surface area contributed by atoms with Crippen molar-refractivity contribution >= 4 is 0 Å². The van der Waals surface area contributed by atoms with Crippen LogP contribution in [0.1, 0.15) is 17.3 Å². The Labute approximate surface area is 105 Å². The third-order valence-electron chi connectivity index (χ3n) is 2.66. The predicted molar refractivity (Wildman–Crippen MR) is 65.6 cm³/mol. The van der Waals surface area contributed by atoms with Gasteiger partial charge in [-0.05, 0) is 30.2 Å². The Kier molecular flexibility index (Phi) is 3.84. The van der Waals surface area contributed by atoms with Crippen molar-refractivity contribution in [2.45, 2.75) is 12.5 Å². The van der Waals surface area contributed by atoms with E-state index in [9.17, 15) is 4.39 Å². The molecule has 1 aromatic heterocycles. The average molecular weight is 247 g/mol. The van der Waals surface area contributed by atoms with Gasteiger partial charge in [0, 0.05) is 6.20 Å². The van der Waals surface area contributed by atoms with Crippen LogP contribution in [0.25, 0.3) is 0 Å². The maximum absolute atomic E-state index is 13.5. The smallest absolute Gasteiger partial charge is 0.165 e. The van der Waals surface area contributed by atoms with E-state index in [0.717, 1.165) is 11.3 Å². The number of hydrogen-bond acceptors (Lipinski definition) is 4. The zero-order chi connectivity index (χ0) is 13.0. The number of halogens is 1. The molecule has 0 aliphatic carbocycles. The van der Waals surface area contributed by atoms with Gasteiger partial charge >= 0.3 is 0 Å². The molecule has 4 nitrogen and oxygen atoms in total. The number of rotatable bonds is 4. The van der Waals surface area contributed by atoms with E-state index in [1.807, 2.05) is 0 Å². The molecule has 1 heterocycles. The Morgan fingerprint density at radius 1 is 1.39 bits per heavy atom. The first-order valence-corrected chi connectivity index (χ1v) is 5.54. The summed E-state index contributed by atoms with van der Waals surface area (Å²) < 4.78 is 18.4. The van der Waals surface area contributed by atoms with Crippen molar-refractivity contribution in [1.82, 2.24) is 9.97 Å². The van der Waals surface area contributed by atoms with E-state index in [0.29, 0.717) is 6.42 Å². The number of hydrogen-bond donors (Lipinski definition) is 1. The van der Waals surface area contributed by atoms with Crippen molar-refractivity contribution in [3.8, 4) is 5.75 Å². The van der Waals surface area contributed by atoms with Crippen molar-refractivity contribution in [2.75, 3.05) is 7.11 Å². The Morgan fingerprint density at radius 3 is 2.83 bits per heavy atom. The maximum atomic E-state index is 13.5. The summed E-state index contributed by atoms with van der Waals surface area (Å²) in [4.78, 5) is 7.90. The third-order valence-corrected chi connectivity index (χ3v) is 2.66. The predicted octanol–water partition coefficient (Wildman–Crippen LogP) is 1.87. The fourth-order valence-corrected chi connectivity index (χ4v) is 1.72. The molecule has 0 saturated heterocycles. The van der Waals surface area contributed by atoms with Crippen molar-refractivity contribution in [1.29, 1.82) is 0 Å². The lowest BCUT2D eigenvalue weighted by molar-refractivity contribution is 0.386. The summed E-state index contributed by atoms with van der Waals surface area (Å²) in [6.07, 6.45) is 3.60. The molecule has 94 valence electrons. The van der Waals surface area contributed by atoms with E-state index in [1.54, 1.807) is 24.4 Å². The van der Waals surface area contributed by atoms with Gasteiger partial charge in [-0.3, -0.25) is 0 Å². The largest absolute Gasteiger partial charge is 0.494 e. The second kappa shape index (κ2) is 5.55. The number of nitrogens with zero attached hydrogens (tertiary/aromatic N) is 2. The lowest BCUT2D eigenvalue weighted by Gasteiger charge is -2.11. The first-order chi connectivity index (χ1) is 8.70. The topological polar surface area (TPSA) is 61.0 Å². The summed E-state index contributed by atoms with van der Waals surface area (Å²) in [6, 6.07) is 6.30. The fraction of sp³-hybridized carbons (Fsp3) is 0.231. The van der Waals surface area contributed by atoms with Gasteiger partial charge in [-0.1, -0.05) is 6.07 Å². The van der Waals surface area contributed by atoms with Gasteiger partial charge in [-0.15, -0.1) is 0 Å². The molecule has 2 N–H and O–H groups in total. The molecule has 1 atom stereocenters. The first-order valence-electron chi connectivity index (χ1n) is 5.54. The van der Waals surface area contributed by atoms with Gasteiger partial charge in [-0.25, -0.2) is 14.4 Å². The molecule has 1 aromatic carbocycles. The lowest BCUT2D eigenvalue weighted by Crippen LogP contribution is -2.15. The van der Waals surface area contributed by atoms with Gasteiger partial charge < -0.3 is 10.5 Å². The molecule has 5 heteroatoms. The Morgan fingerprint density at radius 2 is 2.22 bits per heavy atom. The molecule has 0 saturated carbocycles. The van der Waals surface area contributed by atoms with Crippen molar-refractivity contribution in [3.63, 3.8) is 0 Å². The number of benzene rings is 1. The zero-order valence-electron chi connectivity index (χ0n) is 10.0. The van der Waals surface area contributed by atoms with Crippen LogP contribution in [0, 0.1) is 5.82 Å². The highest BCUT2D eigenvalue weighted by Crippen LogP contribution is 2.20. The van der Waals surface area contributed by atoms with Gasteiger partial charge in [0.1, 0.15) is 6.33 Å². The van der Waals surface area contributed by atoms with Gasteiger partial charge in [0.25, 0.3) is 0 Å². The van der Waals surface area contributed by atoms with E-state index in [4.69, 9.17) is 10.5 Å². The highest BCUT2D eigenvalue weighted by atomic mass is 19.1. The van der Waals surface area contributed by atoms with Crippen LogP contribution in [-0.2, 0) is 6.42 Å². The molecule has 18 heavy (non-hydrogen) atoms.